The highest BCUT2D eigenvalue weighted by atomic mass is 16.5. The second-order valence-electron chi connectivity index (χ2n) is 6.99. The summed E-state index contributed by atoms with van der Waals surface area (Å²) in [6, 6.07) is 9.94. The molecule has 0 amide bonds. The minimum absolute atomic E-state index is 0.127. The van der Waals surface area contributed by atoms with Crippen molar-refractivity contribution in [2.45, 2.75) is 51.4 Å². The topological polar surface area (TPSA) is 48.4 Å². The van der Waals surface area contributed by atoms with Gasteiger partial charge in [-0.2, -0.15) is 0 Å². The Bertz CT molecular complexity index is 594. The van der Waals surface area contributed by atoms with Crippen LogP contribution in [0.2, 0.25) is 0 Å². The minimum Gasteiger partial charge on any atom is -0.459 e. The van der Waals surface area contributed by atoms with Crippen LogP contribution in [0.15, 0.2) is 34.7 Å². The molecule has 3 rings (SSSR count). The van der Waals surface area contributed by atoms with Crippen LogP contribution in [0.3, 0.4) is 0 Å². The molecule has 0 saturated carbocycles. The molecule has 2 atom stereocenters. The Hall–Kier alpha value is -1.32. The average molecular weight is 273 g/mol. The zero-order valence-corrected chi connectivity index (χ0v) is 12.6. The Labute approximate surface area is 120 Å². The molecule has 3 heteroatoms. The Kier molecular flexibility index (Phi) is 2.96. The van der Waals surface area contributed by atoms with E-state index < -0.39 is 0 Å². The van der Waals surface area contributed by atoms with Crippen LogP contribution in [0, 0.1) is 5.92 Å². The standard InChI is InChI=1S/C17H23NO2/c1-16(2)10-12(17(3,4)20-16)15(18)14-9-11-7-5-6-8-13(11)19-14/h5-9,12,15H,10,18H2,1-4H3. The molecule has 1 aromatic carbocycles. The lowest BCUT2D eigenvalue weighted by Gasteiger charge is -2.30. The first-order valence-corrected chi connectivity index (χ1v) is 7.23. The van der Waals surface area contributed by atoms with Crippen molar-refractivity contribution in [1.82, 2.24) is 0 Å². The molecule has 20 heavy (non-hydrogen) atoms. The van der Waals surface area contributed by atoms with Crippen molar-refractivity contribution in [1.29, 1.82) is 0 Å². The lowest BCUT2D eigenvalue weighted by atomic mass is 9.81. The van der Waals surface area contributed by atoms with E-state index in [0.29, 0.717) is 0 Å². The van der Waals surface area contributed by atoms with Gasteiger partial charge in [0.1, 0.15) is 11.3 Å². The number of hydrogen-bond acceptors (Lipinski definition) is 3. The second kappa shape index (κ2) is 4.34. The van der Waals surface area contributed by atoms with E-state index in [1.54, 1.807) is 0 Å². The molecule has 1 aliphatic rings. The number of fused-ring (bicyclic) bond motifs is 1. The third-order valence-corrected chi connectivity index (χ3v) is 4.35. The second-order valence-corrected chi connectivity index (χ2v) is 6.99. The molecule has 108 valence electrons. The predicted molar refractivity (Wildman–Crippen MR) is 80.5 cm³/mol. The van der Waals surface area contributed by atoms with Crippen molar-refractivity contribution in [3.05, 3.63) is 36.1 Å². The highest BCUT2D eigenvalue weighted by molar-refractivity contribution is 5.77. The Morgan fingerprint density at radius 1 is 1.20 bits per heavy atom. The number of furan rings is 1. The Morgan fingerprint density at radius 3 is 2.50 bits per heavy atom. The van der Waals surface area contributed by atoms with Gasteiger partial charge in [0.25, 0.3) is 0 Å². The summed E-state index contributed by atoms with van der Waals surface area (Å²) < 4.78 is 12.1. The van der Waals surface area contributed by atoms with Gasteiger partial charge in [-0.3, -0.25) is 0 Å². The molecule has 3 nitrogen and oxygen atoms in total. The normalized spacial score (nSPS) is 25.9. The number of rotatable bonds is 2. The van der Waals surface area contributed by atoms with E-state index in [0.717, 1.165) is 23.2 Å². The molecule has 0 bridgehead atoms. The molecule has 2 N–H and O–H groups in total. The van der Waals surface area contributed by atoms with Crippen molar-refractivity contribution in [2.24, 2.45) is 11.7 Å². The van der Waals surface area contributed by atoms with Gasteiger partial charge in [-0.1, -0.05) is 18.2 Å². The van der Waals surface area contributed by atoms with E-state index in [4.69, 9.17) is 14.9 Å². The predicted octanol–water partition coefficient (Wildman–Crippen LogP) is 4.03. The molecule has 1 saturated heterocycles. The van der Waals surface area contributed by atoms with E-state index in [-0.39, 0.29) is 23.2 Å². The number of nitrogens with two attached hydrogens (primary N) is 1. The van der Waals surface area contributed by atoms with Crippen LogP contribution in [0.5, 0.6) is 0 Å². The third-order valence-electron chi connectivity index (χ3n) is 4.35. The molecule has 1 aromatic heterocycles. The molecular weight excluding hydrogens is 250 g/mol. The van der Waals surface area contributed by atoms with Gasteiger partial charge in [0.15, 0.2) is 0 Å². The maximum absolute atomic E-state index is 6.49. The fourth-order valence-electron chi connectivity index (χ4n) is 3.53. The quantitative estimate of drug-likeness (QED) is 0.898. The highest BCUT2D eigenvalue weighted by Crippen LogP contribution is 2.47. The molecular formula is C17H23NO2. The van der Waals surface area contributed by atoms with Gasteiger partial charge in [-0.05, 0) is 46.2 Å². The smallest absolute Gasteiger partial charge is 0.134 e. The van der Waals surface area contributed by atoms with Gasteiger partial charge < -0.3 is 14.9 Å². The first kappa shape index (κ1) is 13.7. The summed E-state index contributed by atoms with van der Waals surface area (Å²) in [5.74, 6) is 1.10. The zero-order chi connectivity index (χ0) is 14.5. The number of benzene rings is 1. The van der Waals surface area contributed by atoms with Crippen molar-refractivity contribution in [3.8, 4) is 0 Å². The van der Waals surface area contributed by atoms with E-state index in [2.05, 4.69) is 39.8 Å². The molecule has 1 aliphatic heterocycles. The van der Waals surface area contributed by atoms with Gasteiger partial charge >= 0.3 is 0 Å². The molecule has 2 aromatic rings. The van der Waals surface area contributed by atoms with Gasteiger partial charge in [-0.25, -0.2) is 0 Å². The third kappa shape index (κ3) is 2.25. The van der Waals surface area contributed by atoms with Crippen LogP contribution >= 0.6 is 0 Å². The number of para-hydroxylation sites is 1. The summed E-state index contributed by atoms with van der Waals surface area (Å²) >= 11 is 0. The molecule has 2 heterocycles. The summed E-state index contributed by atoms with van der Waals surface area (Å²) in [6.45, 7) is 8.49. The SMILES string of the molecule is CC1(C)CC(C(N)c2cc3ccccc3o2)C(C)(C)O1. The minimum atomic E-state index is -0.234. The van der Waals surface area contributed by atoms with Crippen LogP contribution < -0.4 is 5.73 Å². The first-order valence-electron chi connectivity index (χ1n) is 7.23. The van der Waals surface area contributed by atoms with Crippen LogP contribution in [-0.2, 0) is 4.74 Å². The highest BCUT2D eigenvalue weighted by Gasteiger charge is 2.49. The monoisotopic (exact) mass is 273 g/mol. The van der Waals surface area contributed by atoms with Crippen molar-refractivity contribution < 1.29 is 9.15 Å². The van der Waals surface area contributed by atoms with Gasteiger partial charge in [-0.15, -0.1) is 0 Å². The fourth-order valence-corrected chi connectivity index (χ4v) is 3.53. The van der Waals surface area contributed by atoms with Crippen molar-refractivity contribution in [3.63, 3.8) is 0 Å². The lowest BCUT2D eigenvalue weighted by molar-refractivity contribution is -0.0772. The van der Waals surface area contributed by atoms with Gasteiger partial charge in [0.05, 0.1) is 17.2 Å². The summed E-state index contributed by atoms with van der Waals surface area (Å²) in [5, 5.41) is 1.11. The lowest BCUT2D eigenvalue weighted by Crippen LogP contribution is -2.35. The Balaban J connectivity index is 1.94. The summed E-state index contributed by atoms with van der Waals surface area (Å²) in [7, 11) is 0. The molecule has 0 radical (unpaired) electrons. The van der Waals surface area contributed by atoms with Gasteiger partial charge in [0, 0.05) is 11.3 Å². The van der Waals surface area contributed by atoms with Crippen LogP contribution in [0.4, 0.5) is 0 Å². The maximum atomic E-state index is 6.49. The largest absolute Gasteiger partial charge is 0.459 e. The molecule has 1 fully saturated rings. The zero-order valence-electron chi connectivity index (χ0n) is 12.6. The summed E-state index contributed by atoms with van der Waals surface area (Å²) in [4.78, 5) is 0. The van der Waals surface area contributed by atoms with Crippen LogP contribution in [0.25, 0.3) is 11.0 Å². The number of ether oxygens (including phenoxy) is 1. The van der Waals surface area contributed by atoms with E-state index in [9.17, 15) is 0 Å². The van der Waals surface area contributed by atoms with Crippen molar-refractivity contribution >= 4 is 11.0 Å². The first-order chi connectivity index (χ1) is 9.28. The van der Waals surface area contributed by atoms with Crippen molar-refractivity contribution in [2.75, 3.05) is 0 Å². The fraction of sp³-hybridized carbons (Fsp3) is 0.529. The number of hydrogen-bond donors (Lipinski definition) is 1. The summed E-state index contributed by atoms with van der Waals surface area (Å²) in [6.07, 6.45) is 0.943. The van der Waals surface area contributed by atoms with Crippen LogP contribution in [-0.4, -0.2) is 11.2 Å². The molecule has 0 spiro atoms. The molecule has 0 aliphatic carbocycles. The average Bonchev–Trinajstić information content (AvgIpc) is 2.85. The van der Waals surface area contributed by atoms with E-state index in [1.807, 2.05) is 18.2 Å². The van der Waals surface area contributed by atoms with Crippen LogP contribution in [0.1, 0.15) is 45.9 Å². The molecule has 2 unspecified atom stereocenters. The van der Waals surface area contributed by atoms with Gasteiger partial charge in [0.2, 0.25) is 0 Å². The van der Waals surface area contributed by atoms with E-state index >= 15 is 0 Å². The Morgan fingerprint density at radius 2 is 1.90 bits per heavy atom. The van der Waals surface area contributed by atoms with E-state index in [1.165, 1.54) is 0 Å². The summed E-state index contributed by atoms with van der Waals surface area (Å²) in [5.41, 5.74) is 7.02. The maximum Gasteiger partial charge on any atom is 0.134 e.